The SMILES string of the molecule is S=S=S=S=S=S=S=S=S=S=S=S=S=S=S=S=S=S=S=S=S=S=S=S=S=S=S=S=S=S=S=S=S=S=S=S=S=S=S=S=S=S=S=S=S=S=S=S=S=S. The third-order valence-corrected chi connectivity index (χ3v) is 106. The maximum atomic E-state index is 4.81. The largest absolute Gasteiger partial charge is 0 e. The van der Waals surface area contributed by atoms with Crippen molar-refractivity contribution in [3.8, 4) is 0 Å². The van der Waals surface area contributed by atoms with Gasteiger partial charge < -0.3 is 0 Å². The lowest BCUT2D eigenvalue weighted by Crippen LogP contribution is -1.41. The van der Waals surface area contributed by atoms with E-state index in [9.17, 15) is 0 Å². The molecule has 50 heavy (non-hydrogen) atoms. The van der Waals surface area contributed by atoms with Crippen LogP contribution < -0.4 is 0 Å². The van der Waals surface area contributed by atoms with Gasteiger partial charge in [0.25, 0.3) is 0 Å². The Bertz CT molecular complexity index is 3190. The van der Waals surface area contributed by atoms with Gasteiger partial charge in [-0.05, 0) is 0 Å². The predicted molar refractivity (Wildman–Crippen MR) is 368 cm³/mol. The van der Waals surface area contributed by atoms with Crippen molar-refractivity contribution in [1.82, 2.24) is 0 Å². The number of hydrogen-bond acceptors (Lipinski definition) is 2. The molecule has 0 aromatic carbocycles. The van der Waals surface area contributed by atoms with E-state index in [1.54, 1.807) is 107 Å². The Kier molecular flexibility index (Phi) is 73.2. The highest BCUT2D eigenvalue weighted by Gasteiger charge is 1.45. The molecule has 0 aromatic heterocycles. The molecule has 0 radical (unpaired) electrons. The summed E-state index contributed by atoms with van der Waals surface area (Å²) >= 11 is 9.62. The molecule has 0 aliphatic carbocycles. The highest BCUT2D eigenvalue weighted by atomic mass is 33.5. The molecule has 0 heterocycles. The molecule has 0 bridgehead atoms. The van der Waals surface area contributed by atoms with E-state index >= 15 is 0 Å². The van der Waals surface area contributed by atoms with Gasteiger partial charge in [-0.15, -0.1) is 0 Å². The van der Waals surface area contributed by atoms with Crippen molar-refractivity contribution in [1.29, 1.82) is 0 Å². The van der Waals surface area contributed by atoms with Gasteiger partial charge in [-0.3, -0.25) is 0 Å². The van der Waals surface area contributed by atoms with Crippen LogP contribution in [-0.4, -0.2) is 0 Å². The molecule has 0 spiro atoms. The summed E-state index contributed by atoms with van der Waals surface area (Å²) < 4.78 is 0. The van der Waals surface area contributed by atoms with Crippen LogP contribution in [0.5, 0.6) is 0 Å². The van der Waals surface area contributed by atoms with E-state index in [-0.39, 0.29) is 0 Å². The summed E-state index contributed by atoms with van der Waals surface area (Å²) in [7, 11) is 85.7. The highest BCUT2D eigenvalue weighted by molar-refractivity contribution is 8.82. The fourth-order valence-electron chi connectivity index (χ4n) is 0.522. The van der Waals surface area contributed by atoms with Crippen LogP contribution in [0.2, 0.25) is 0 Å². The topological polar surface area (TPSA) is 0 Å². The fourth-order valence-corrected chi connectivity index (χ4v) is 127. The van der Waals surface area contributed by atoms with E-state index in [0.29, 0.717) is 0 Å². The van der Waals surface area contributed by atoms with Crippen LogP contribution in [0.4, 0.5) is 0 Å². The smallest absolute Gasteiger partial charge is 0 e. The highest BCUT2D eigenvalue weighted by Crippen LogP contribution is 1.45. The van der Waals surface area contributed by atoms with Crippen molar-refractivity contribution in [3.63, 3.8) is 0 Å². The van der Waals surface area contributed by atoms with Gasteiger partial charge in [0.05, 0.1) is 0 Å². The third kappa shape index (κ3) is 59.0. The first-order chi connectivity index (χ1) is 24.9. The Morgan fingerprint density at radius 2 is 0.160 bits per heavy atom. The molecule has 0 aliphatic heterocycles. The van der Waals surface area contributed by atoms with Crippen molar-refractivity contribution >= 4 is 449 Å². The van der Waals surface area contributed by atoms with Gasteiger partial charge in [0.15, 0.2) is 0 Å². The first-order valence-corrected chi connectivity index (χ1v) is 73.5. The average molecular weight is 1600 g/mol. The Balaban J connectivity index is 6.08. The average Bonchev–Trinajstić information content (AvgIpc) is 3.13. The lowest BCUT2D eigenvalue weighted by atomic mass is 30.7. The first-order valence-electron chi connectivity index (χ1n) is 8.17. The van der Waals surface area contributed by atoms with Gasteiger partial charge in [-0.1, -0.05) is 0 Å². The molecule has 300 valence electrons. The van der Waals surface area contributed by atoms with Crippen LogP contribution in [0, 0.1) is 0 Å². The maximum Gasteiger partial charge on any atom is 0 e. The van der Waals surface area contributed by atoms with Crippen molar-refractivity contribution in [2.24, 2.45) is 0 Å². The molecule has 0 N–H and O–H groups in total. The van der Waals surface area contributed by atoms with E-state index in [1.165, 1.54) is 17.8 Å². The van der Waals surface area contributed by atoms with Crippen LogP contribution in [0.1, 0.15) is 0 Å². The second-order valence-electron chi connectivity index (χ2n) is 3.27. The summed E-state index contributed by atoms with van der Waals surface area (Å²) in [6.07, 6.45) is 0. The van der Waals surface area contributed by atoms with E-state index in [4.69, 9.17) is 22.4 Å². The van der Waals surface area contributed by atoms with E-state index < -0.39 is 0 Å². The molecule has 0 amide bonds. The van der Waals surface area contributed by atoms with Crippen LogP contribution in [0.3, 0.4) is 0 Å². The van der Waals surface area contributed by atoms with Crippen LogP contribution in [0.25, 0.3) is 0 Å². The van der Waals surface area contributed by atoms with Crippen LogP contribution in [-0.2, 0) is 449 Å². The molecular formula is S50. The quantitative estimate of drug-likeness (QED) is 0.333. The van der Waals surface area contributed by atoms with E-state index in [1.807, 2.05) is 302 Å². The standard InChI is InChI=1S/S50/c1-3-5-7-9-11-13-15-17-19-21-23-25-27-29-31-33-35-37-39-41-43-45-47-49-50-48-46-44-42-40-38-36-34-32-30-28-26-24-22-20-18-16-14-12-10-8-6-4-2. The molecule has 0 nitrogen and oxygen atoms in total. The molecule has 0 atom stereocenters. The van der Waals surface area contributed by atoms with E-state index in [0.717, 1.165) is 0 Å². The predicted octanol–water partition coefficient (Wildman–Crippen LogP) is -0.120. The van der Waals surface area contributed by atoms with Gasteiger partial charge in [0.1, 0.15) is 0 Å². The van der Waals surface area contributed by atoms with Crippen LogP contribution in [0.15, 0.2) is 0 Å². The van der Waals surface area contributed by atoms with E-state index in [2.05, 4.69) is 0 Å². The summed E-state index contributed by atoms with van der Waals surface area (Å²) in [6, 6.07) is 0. The Labute approximate surface area is 435 Å². The molecule has 0 saturated carbocycles. The second kappa shape index (κ2) is 60.0. The summed E-state index contributed by atoms with van der Waals surface area (Å²) in [6.45, 7) is 0. The zero-order valence-corrected chi connectivity index (χ0v) is 61.2. The fraction of sp³-hybridized carbons (Fsp3) is 0. The van der Waals surface area contributed by atoms with Crippen molar-refractivity contribution < 1.29 is 0 Å². The zero-order valence-electron chi connectivity index (χ0n) is 20.4. The molecule has 0 saturated heterocycles. The molecule has 0 aliphatic rings. The van der Waals surface area contributed by atoms with Gasteiger partial charge in [0.2, 0.25) is 0 Å². The summed E-state index contributed by atoms with van der Waals surface area (Å²) in [5.41, 5.74) is 0. The van der Waals surface area contributed by atoms with Crippen molar-refractivity contribution in [2.45, 2.75) is 0 Å². The van der Waals surface area contributed by atoms with Crippen molar-refractivity contribution in [2.75, 3.05) is 0 Å². The summed E-state index contributed by atoms with van der Waals surface area (Å²) in [5, 5.41) is 0. The lowest BCUT2D eigenvalue weighted by Gasteiger charge is -1.41. The Morgan fingerprint density at radius 1 is 0.100 bits per heavy atom. The minimum atomic E-state index is 1.37. The van der Waals surface area contributed by atoms with Gasteiger partial charge in [0, 0.05) is 449 Å². The minimum Gasteiger partial charge on any atom is 0 e. The van der Waals surface area contributed by atoms with Gasteiger partial charge in [-0.25, -0.2) is 0 Å². The molecule has 0 rings (SSSR count). The number of hydrogen-bond donors (Lipinski definition) is 0. The normalized spacial score (nSPS) is 7.76. The lowest BCUT2D eigenvalue weighted by molar-refractivity contribution is 5.95. The third-order valence-electron chi connectivity index (χ3n) is 1.31. The summed E-state index contributed by atoms with van der Waals surface area (Å²) in [4.78, 5) is 0. The Hall–Kier alpha value is 11.0. The molecular weight excluding hydrogens is 1600 g/mol. The molecule has 50 heteroatoms. The van der Waals surface area contributed by atoms with Gasteiger partial charge in [-0.2, -0.15) is 0 Å². The molecule has 0 fully saturated rings. The molecule has 0 aromatic rings. The second-order valence-corrected chi connectivity index (χ2v) is 88.2. The summed E-state index contributed by atoms with van der Waals surface area (Å²) in [5.74, 6) is 0. The Morgan fingerprint density at radius 3 is 0.220 bits per heavy atom. The monoisotopic (exact) mass is 1600 g/mol. The zero-order chi connectivity index (χ0) is 35.9. The van der Waals surface area contributed by atoms with Crippen LogP contribution >= 0.6 is 0 Å². The first kappa shape index (κ1) is 61.0. The van der Waals surface area contributed by atoms with Crippen molar-refractivity contribution in [3.05, 3.63) is 0 Å². The van der Waals surface area contributed by atoms with Gasteiger partial charge >= 0.3 is 0 Å². The number of rotatable bonds is 0. The maximum absolute atomic E-state index is 4.81. The minimum absolute atomic E-state index is 1.37. The molecule has 0 unspecified atom stereocenters.